The molecule has 3 N–H and O–H groups in total. The predicted molar refractivity (Wildman–Crippen MR) is 95.4 cm³/mol. The fraction of sp³-hybridized carbons (Fsp3) is 0.105. The number of ketones is 1. The Bertz CT molecular complexity index is 839. The van der Waals surface area contributed by atoms with Gasteiger partial charge in [-0.3, -0.25) is 25.2 Å². The Morgan fingerprint density at radius 1 is 0.923 bits per heavy atom. The summed E-state index contributed by atoms with van der Waals surface area (Å²) in [6.07, 6.45) is 0.791. The van der Waals surface area contributed by atoms with Crippen molar-refractivity contribution in [2.24, 2.45) is 0 Å². The minimum Gasteiger partial charge on any atom is -0.507 e. The summed E-state index contributed by atoms with van der Waals surface area (Å²) in [4.78, 5) is 35.5. The van der Waals surface area contributed by atoms with Gasteiger partial charge in [-0.15, -0.1) is 0 Å². The number of ether oxygens (including phenoxy) is 1. The molecule has 0 aliphatic rings. The van der Waals surface area contributed by atoms with Gasteiger partial charge < -0.3 is 9.84 Å². The van der Waals surface area contributed by atoms with Gasteiger partial charge in [-0.05, 0) is 31.2 Å². The Labute approximate surface area is 150 Å². The summed E-state index contributed by atoms with van der Waals surface area (Å²) in [5, 5.41) is 9.90. The third-order valence-electron chi connectivity index (χ3n) is 3.48. The maximum absolute atomic E-state index is 11.9. The van der Waals surface area contributed by atoms with E-state index in [9.17, 15) is 19.5 Å². The van der Waals surface area contributed by atoms with Crippen molar-refractivity contribution in [2.45, 2.75) is 6.92 Å². The average molecular weight is 354 g/mol. The van der Waals surface area contributed by atoms with E-state index in [1.165, 1.54) is 19.2 Å². The van der Waals surface area contributed by atoms with Crippen LogP contribution in [-0.2, 0) is 9.59 Å². The van der Waals surface area contributed by atoms with E-state index in [-0.39, 0.29) is 11.3 Å². The first kappa shape index (κ1) is 18.7. The highest BCUT2D eigenvalue weighted by atomic mass is 16.5. The summed E-state index contributed by atoms with van der Waals surface area (Å²) < 4.78 is 4.98. The Balaban J connectivity index is 1.93. The zero-order valence-electron chi connectivity index (χ0n) is 14.3. The number of hydrogen-bond acceptors (Lipinski definition) is 5. The van der Waals surface area contributed by atoms with E-state index >= 15 is 0 Å². The highest BCUT2D eigenvalue weighted by molar-refractivity contribution is 6.41. The maximum Gasteiger partial charge on any atom is 0.310 e. The van der Waals surface area contributed by atoms with Crippen molar-refractivity contribution < 1.29 is 24.2 Å². The van der Waals surface area contributed by atoms with Crippen LogP contribution in [0.15, 0.2) is 54.6 Å². The van der Waals surface area contributed by atoms with Crippen LogP contribution >= 0.6 is 0 Å². The van der Waals surface area contributed by atoms with Gasteiger partial charge in [0.1, 0.15) is 11.5 Å². The van der Waals surface area contributed by atoms with Crippen molar-refractivity contribution in [2.75, 3.05) is 7.11 Å². The molecular formula is C19H18N2O5. The molecule has 2 amide bonds. The number of aryl methyl sites for hydroxylation is 1. The van der Waals surface area contributed by atoms with Crippen LogP contribution in [0.5, 0.6) is 5.75 Å². The number of aliphatic hydroxyl groups excluding tert-OH is 1. The van der Waals surface area contributed by atoms with Crippen molar-refractivity contribution in [1.29, 1.82) is 0 Å². The van der Waals surface area contributed by atoms with Gasteiger partial charge in [0.2, 0.25) is 5.78 Å². The van der Waals surface area contributed by atoms with Gasteiger partial charge in [0.25, 0.3) is 5.91 Å². The largest absolute Gasteiger partial charge is 0.507 e. The summed E-state index contributed by atoms with van der Waals surface area (Å²) in [5.74, 6) is -2.44. The minimum absolute atomic E-state index is 0.275. The van der Waals surface area contributed by atoms with Crippen LogP contribution in [0, 0.1) is 6.92 Å². The molecule has 0 unspecified atom stereocenters. The Morgan fingerprint density at radius 2 is 1.50 bits per heavy atom. The number of carbonyl (C=O) groups is 3. The van der Waals surface area contributed by atoms with Crippen molar-refractivity contribution in [3.05, 3.63) is 71.3 Å². The Kier molecular flexibility index (Phi) is 6.10. The molecule has 0 fully saturated rings. The molecule has 7 heteroatoms. The average Bonchev–Trinajstić information content (AvgIpc) is 2.66. The molecule has 0 saturated heterocycles. The summed E-state index contributed by atoms with van der Waals surface area (Å²) in [7, 11) is 1.50. The lowest BCUT2D eigenvalue weighted by molar-refractivity contribution is -0.135. The van der Waals surface area contributed by atoms with Crippen LogP contribution < -0.4 is 15.6 Å². The maximum atomic E-state index is 11.9. The molecule has 2 aromatic rings. The smallest absolute Gasteiger partial charge is 0.310 e. The summed E-state index contributed by atoms with van der Waals surface area (Å²) in [6, 6.07) is 13.0. The highest BCUT2D eigenvalue weighted by Gasteiger charge is 2.14. The zero-order valence-corrected chi connectivity index (χ0v) is 14.3. The van der Waals surface area contributed by atoms with Gasteiger partial charge in [-0.1, -0.05) is 29.8 Å². The second kappa shape index (κ2) is 8.48. The summed E-state index contributed by atoms with van der Waals surface area (Å²) in [5.41, 5.74) is 5.80. The minimum atomic E-state index is -1.08. The molecule has 0 saturated carbocycles. The fourth-order valence-corrected chi connectivity index (χ4v) is 1.99. The summed E-state index contributed by atoms with van der Waals surface area (Å²) in [6.45, 7) is 1.88. The monoisotopic (exact) mass is 354 g/mol. The van der Waals surface area contributed by atoms with E-state index in [0.717, 1.165) is 11.6 Å². The van der Waals surface area contributed by atoms with E-state index in [1.807, 2.05) is 12.3 Å². The van der Waals surface area contributed by atoms with Crippen molar-refractivity contribution >= 4 is 23.4 Å². The number of rotatable bonds is 5. The lowest BCUT2D eigenvalue weighted by Gasteiger charge is -2.07. The number of nitrogens with one attached hydrogen (secondary N) is 2. The fourth-order valence-electron chi connectivity index (χ4n) is 1.99. The summed E-state index contributed by atoms with van der Waals surface area (Å²) >= 11 is 0. The molecule has 134 valence electrons. The first-order valence-electron chi connectivity index (χ1n) is 7.67. The van der Waals surface area contributed by atoms with Gasteiger partial charge in [-0.2, -0.15) is 0 Å². The highest BCUT2D eigenvalue weighted by Crippen LogP contribution is 2.12. The standard InChI is InChI=1S/C19H18N2O5/c1-12-3-5-13(6-4-12)16(22)11-17(23)19(25)21-20-18(24)14-7-9-15(26-2)10-8-14/h3-11,22H,1-2H3,(H,20,24)(H,21,25). The van der Waals surface area contributed by atoms with Crippen molar-refractivity contribution in [3.63, 3.8) is 0 Å². The molecule has 7 nitrogen and oxygen atoms in total. The van der Waals surface area contributed by atoms with Crippen LogP contribution in [-0.4, -0.2) is 29.8 Å². The van der Waals surface area contributed by atoms with E-state index in [0.29, 0.717) is 11.3 Å². The molecule has 0 aliphatic carbocycles. The molecule has 26 heavy (non-hydrogen) atoms. The molecule has 0 spiro atoms. The zero-order chi connectivity index (χ0) is 19.1. The van der Waals surface area contributed by atoms with Gasteiger partial charge in [-0.25, -0.2) is 0 Å². The van der Waals surface area contributed by atoms with E-state index < -0.39 is 17.6 Å². The second-order valence-electron chi connectivity index (χ2n) is 5.40. The van der Waals surface area contributed by atoms with E-state index in [1.54, 1.807) is 36.4 Å². The van der Waals surface area contributed by atoms with Crippen LogP contribution in [0.25, 0.3) is 5.76 Å². The number of amides is 2. The number of hydrazine groups is 1. The molecule has 0 aliphatic heterocycles. The number of benzene rings is 2. The van der Waals surface area contributed by atoms with Crippen LogP contribution in [0.2, 0.25) is 0 Å². The van der Waals surface area contributed by atoms with Crippen LogP contribution in [0.4, 0.5) is 0 Å². The van der Waals surface area contributed by atoms with Crippen LogP contribution in [0.3, 0.4) is 0 Å². The predicted octanol–water partition coefficient (Wildman–Crippen LogP) is 1.93. The topological polar surface area (TPSA) is 105 Å². The first-order chi connectivity index (χ1) is 12.4. The number of hydrogen-bond donors (Lipinski definition) is 3. The Hall–Kier alpha value is -3.61. The molecule has 2 aromatic carbocycles. The van der Waals surface area contributed by atoms with Gasteiger partial charge >= 0.3 is 5.91 Å². The van der Waals surface area contributed by atoms with E-state index in [2.05, 4.69) is 5.43 Å². The lowest BCUT2D eigenvalue weighted by Crippen LogP contribution is -2.44. The number of carbonyl (C=O) groups excluding carboxylic acids is 3. The Morgan fingerprint density at radius 3 is 2.08 bits per heavy atom. The van der Waals surface area contributed by atoms with Gasteiger partial charge in [0.15, 0.2) is 0 Å². The first-order valence-corrected chi connectivity index (χ1v) is 7.67. The van der Waals surface area contributed by atoms with Gasteiger partial charge in [0, 0.05) is 17.2 Å². The number of aliphatic hydroxyl groups is 1. The van der Waals surface area contributed by atoms with Crippen molar-refractivity contribution in [3.8, 4) is 5.75 Å². The third kappa shape index (κ3) is 4.94. The van der Waals surface area contributed by atoms with E-state index in [4.69, 9.17) is 4.74 Å². The van der Waals surface area contributed by atoms with Crippen molar-refractivity contribution in [1.82, 2.24) is 10.9 Å². The third-order valence-corrected chi connectivity index (χ3v) is 3.48. The molecule has 0 bridgehead atoms. The van der Waals surface area contributed by atoms with Gasteiger partial charge in [0.05, 0.1) is 7.11 Å². The molecule has 0 heterocycles. The molecule has 0 aromatic heterocycles. The number of methoxy groups -OCH3 is 1. The normalized spacial score (nSPS) is 10.8. The molecule has 2 rings (SSSR count). The molecule has 0 atom stereocenters. The molecular weight excluding hydrogens is 336 g/mol. The second-order valence-corrected chi connectivity index (χ2v) is 5.40. The lowest BCUT2D eigenvalue weighted by atomic mass is 10.1. The quantitative estimate of drug-likeness (QED) is 0.329. The molecule has 0 radical (unpaired) electrons. The van der Waals surface area contributed by atoms with Crippen LogP contribution in [0.1, 0.15) is 21.5 Å². The SMILES string of the molecule is COc1ccc(C(=O)NNC(=O)C(=O)C=C(O)c2ccc(C)cc2)cc1.